The third-order valence-electron chi connectivity index (χ3n) is 4.47. The van der Waals surface area contributed by atoms with Gasteiger partial charge in [0.15, 0.2) is 0 Å². The number of rotatable bonds is 4. The molecule has 3 rings (SSSR count). The molecule has 0 spiro atoms. The first-order valence-corrected chi connectivity index (χ1v) is 7.60. The van der Waals surface area contributed by atoms with E-state index in [1.807, 2.05) is 6.92 Å². The third-order valence-corrected chi connectivity index (χ3v) is 4.47. The van der Waals surface area contributed by atoms with Crippen LogP contribution in [0, 0.1) is 10.1 Å². The highest BCUT2D eigenvalue weighted by Gasteiger charge is 2.63. The molecule has 0 aromatic heterocycles. The van der Waals surface area contributed by atoms with Crippen LogP contribution < -0.4 is 0 Å². The normalized spacial score (nSPS) is 30.8. The molecule has 1 heterocycles. The molecule has 0 bridgehead atoms. The highest BCUT2D eigenvalue weighted by molar-refractivity contribution is 5.89. The quantitative estimate of drug-likeness (QED) is 0.358. The van der Waals surface area contributed by atoms with Crippen molar-refractivity contribution in [1.82, 2.24) is 0 Å². The molecule has 0 unspecified atom stereocenters. The molecule has 1 saturated heterocycles. The van der Waals surface area contributed by atoms with Crippen LogP contribution in [0.3, 0.4) is 0 Å². The van der Waals surface area contributed by atoms with Gasteiger partial charge in [-0.1, -0.05) is 0 Å². The SMILES string of the molecule is CC(=O)O[C@H]1C[C@H](OC(=O)c2ccc([N+](=O)[O-])cc2)[C@@]2(C)O[C@H]2C1. The molecule has 24 heavy (non-hydrogen) atoms. The van der Waals surface area contributed by atoms with Gasteiger partial charge in [0.05, 0.1) is 16.6 Å². The zero-order valence-electron chi connectivity index (χ0n) is 13.3. The second kappa shape index (κ2) is 5.86. The van der Waals surface area contributed by atoms with Gasteiger partial charge < -0.3 is 14.2 Å². The van der Waals surface area contributed by atoms with E-state index in [1.54, 1.807) is 0 Å². The predicted octanol–water partition coefficient (Wildman–Crippen LogP) is 2.00. The zero-order chi connectivity index (χ0) is 17.5. The van der Waals surface area contributed by atoms with Crippen LogP contribution in [0.15, 0.2) is 24.3 Å². The molecule has 0 radical (unpaired) electrons. The van der Waals surface area contributed by atoms with Crippen molar-refractivity contribution in [2.45, 2.75) is 50.6 Å². The molecule has 1 aliphatic carbocycles. The summed E-state index contributed by atoms with van der Waals surface area (Å²) in [6.07, 6.45) is -0.0428. The highest BCUT2D eigenvalue weighted by Crippen LogP contribution is 2.49. The van der Waals surface area contributed by atoms with Crippen LogP contribution in [0.25, 0.3) is 0 Å². The first kappa shape index (κ1) is 16.4. The molecule has 8 nitrogen and oxygen atoms in total. The lowest BCUT2D eigenvalue weighted by atomic mass is 9.85. The molecular formula is C16H17NO7. The van der Waals surface area contributed by atoms with Crippen molar-refractivity contribution in [3.05, 3.63) is 39.9 Å². The Bertz CT molecular complexity index is 686. The Balaban J connectivity index is 1.68. The van der Waals surface area contributed by atoms with E-state index in [9.17, 15) is 19.7 Å². The maximum atomic E-state index is 12.3. The average Bonchev–Trinajstić information content (AvgIpc) is 3.18. The summed E-state index contributed by atoms with van der Waals surface area (Å²) in [5.41, 5.74) is -0.444. The highest BCUT2D eigenvalue weighted by atomic mass is 16.7. The number of nitrogens with zero attached hydrogens (tertiary/aromatic N) is 1. The lowest BCUT2D eigenvalue weighted by Gasteiger charge is -2.30. The fourth-order valence-electron chi connectivity index (χ4n) is 3.06. The second-order valence-corrected chi connectivity index (χ2v) is 6.19. The number of ether oxygens (including phenoxy) is 3. The molecule has 1 aliphatic heterocycles. The number of benzene rings is 1. The number of hydrogen-bond donors (Lipinski definition) is 0. The lowest BCUT2D eigenvalue weighted by molar-refractivity contribution is -0.384. The number of non-ortho nitro benzene ring substituents is 1. The molecule has 1 saturated carbocycles. The Labute approximate surface area is 137 Å². The van der Waals surface area contributed by atoms with Crippen LogP contribution in [0.4, 0.5) is 5.69 Å². The van der Waals surface area contributed by atoms with Gasteiger partial charge in [0, 0.05) is 31.9 Å². The van der Waals surface area contributed by atoms with Gasteiger partial charge in [-0.2, -0.15) is 0 Å². The molecule has 4 atom stereocenters. The van der Waals surface area contributed by atoms with Crippen molar-refractivity contribution >= 4 is 17.6 Å². The molecule has 0 N–H and O–H groups in total. The lowest BCUT2D eigenvalue weighted by Crippen LogP contribution is -2.42. The van der Waals surface area contributed by atoms with E-state index in [0.717, 1.165) is 0 Å². The van der Waals surface area contributed by atoms with E-state index in [0.29, 0.717) is 12.8 Å². The maximum Gasteiger partial charge on any atom is 0.338 e. The summed E-state index contributed by atoms with van der Waals surface area (Å²) in [6, 6.07) is 5.19. The number of nitro groups is 1. The number of carbonyl (C=O) groups excluding carboxylic acids is 2. The van der Waals surface area contributed by atoms with Crippen molar-refractivity contribution in [3.8, 4) is 0 Å². The van der Waals surface area contributed by atoms with Crippen LogP contribution in [0.5, 0.6) is 0 Å². The monoisotopic (exact) mass is 335 g/mol. The van der Waals surface area contributed by atoms with Gasteiger partial charge in [-0.25, -0.2) is 4.79 Å². The molecule has 2 aliphatic rings. The fraction of sp³-hybridized carbons (Fsp3) is 0.500. The Kier molecular flexibility index (Phi) is 4.00. The molecule has 128 valence electrons. The van der Waals surface area contributed by atoms with Gasteiger partial charge in [-0.15, -0.1) is 0 Å². The molecule has 0 amide bonds. The summed E-state index contributed by atoms with van der Waals surface area (Å²) >= 11 is 0. The van der Waals surface area contributed by atoms with Gasteiger partial charge in [-0.05, 0) is 19.1 Å². The minimum Gasteiger partial charge on any atom is -0.462 e. The van der Waals surface area contributed by atoms with Crippen molar-refractivity contribution in [1.29, 1.82) is 0 Å². The van der Waals surface area contributed by atoms with E-state index in [-0.39, 0.29) is 29.4 Å². The van der Waals surface area contributed by atoms with Crippen molar-refractivity contribution in [2.75, 3.05) is 0 Å². The summed E-state index contributed by atoms with van der Waals surface area (Å²) in [7, 11) is 0. The molecular weight excluding hydrogens is 318 g/mol. The first-order chi connectivity index (χ1) is 11.3. The summed E-state index contributed by atoms with van der Waals surface area (Å²) in [5.74, 6) is -0.974. The Morgan fingerprint density at radius 2 is 1.92 bits per heavy atom. The number of hydrogen-bond acceptors (Lipinski definition) is 7. The Morgan fingerprint density at radius 1 is 1.25 bits per heavy atom. The standard InChI is InChI=1S/C16H17NO7/c1-9(18)22-12-7-13(16(2)14(8-12)24-16)23-15(19)10-3-5-11(6-4-10)17(20)21/h3-6,12-14H,7-8H2,1-2H3/t12-,13-,14-,16+/m0/s1. The van der Waals surface area contributed by atoms with E-state index in [1.165, 1.54) is 31.2 Å². The largest absolute Gasteiger partial charge is 0.462 e. The van der Waals surface area contributed by atoms with Crippen LogP contribution in [-0.2, 0) is 19.0 Å². The van der Waals surface area contributed by atoms with Crippen LogP contribution in [0.1, 0.15) is 37.0 Å². The van der Waals surface area contributed by atoms with Crippen molar-refractivity contribution in [2.24, 2.45) is 0 Å². The number of esters is 2. The first-order valence-electron chi connectivity index (χ1n) is 7.60. The van der Waals surface area contributed by atoms with Gasteiger partial charge in [-0.3, -0.25) is 14.9 Å². The zero-order valence-corrected chi connectivity index (χ0v) is 13.3. The Hall–Kier alpha value is -2.48. The average molecular weight is 335 g/mol. The van der Waals surface area contributed by atoms with E-state index < -0.39 is 22.6 Å². The van der Waals surface area contributed by atoms with E-state index in [2.05, 4.69) is 0 Å². The summed E-state index contributed by atoms with van der Waals surface area (Å²) in [6.45, 7) is 3.19. The smallest absolute Gasteiger partial charge is 0.338 e. The van der Waals surface area contributed by atoms with Gasteiger partial charge >= 0.3 is 11.9 Å². The summed E-state index contributed by atoms with van der Waals surface area (Å²) < 4.78 is 16.3. The maximum absolute atomic E-state index is 12.3. The summed E-state index contributed by atoms with van der Waals surface area (Å²) in [5, 5.41) is 10.6. The molecule has 1 aromatic carbocycles. The van der Waals surface area contributed by atoms with Crippen molar-refractivity contribution in [3.63, 3.8) is 0 Å². The van der Waals surface area contributed by atoms with Gasteiger partial charge in [0.2, 0.25) is 0 Å². The number of carbonyl (C=O) groups is 2. The number of nitro benzene ring substituents is 1. The van der Waals surface area contributed by atoms with Gasteiger partial charge in [0.25, 0.3) is 5.69 Å². The summed E-state index contributed by atoms with van der Waals surface area (Å²) in [4.78, 5) is 33.5. The minimum atomic E-state index is -0.589. The fourth-order valence-corrected chi connectivity index (χ4v) is 3.06. The Morgan fingerprint density at radius 3 is 2.50 bits per heavy atom. The van der Waals surface area contributed by atoms with E-state index >= 15 is 0 Å². The minimum absolute atomic E-state index is 0.100. The van der Waals surface area contributed by atoms with Crippen LogP contribution in [-0.4, -0.2) is 40.8 Å². The topological polar surface area (TPSA) is 108 Å². The van der Waals surface area contributed by atoms with Crippen molar-refractivity contribution < 1.29 is 28.7 Å². The third kappa shape index (κ3) is 3.09. The molecule has 2 fully saturated rings. The second-order valence-electron chi connectivity index (χ2n) is 6.19. The van der Waals surface area contributed by atoms with Crippen LogP contribution >= 0.6 is 0 Å². The molecule has 8 heteroatoms. The van der Waals surface area contributed by atoms with Gasteiger partial charge in [0.1, 0.15) is 17.8 Å². The van der Waals surface area contributed by atoms with Crippen LogP contribution in [0.2, 0.25) is 0 Å². The molecule has 1 aromatic rings. The predicted molar refractivity (Wildman–Crippen MR) is 80.4 cm³/mol. The number of fused-ring (bicyclic) bond motifs is 1. The van der Waals surface area contributed by atoms with E-state index in [4.69, 9.17) is 14.2 Å². The number of epoxide rings is 1.